The van der Waals surface area contributed by atoms with E-state index >= 15 is 0 Å². The number of hydrogen-bond acceptors (Lipinski definition) is 3. The van der Waals surface area contributed by atoms with E-state index in [1.165, 1.54) is 4.90 Å². The van der Waals surface area contributed by atoms with Crippen LogP contribution in [0.25, 0.3) is 0 Å². The van der Waals surface area contributed by atoms with Crippen molar-refractivity contribution in [3.05, 3.63) is 63.6 Å². The van der Waals surface area contributed by atoms with Crippen LogP contribution in [-0.4, -0.2) is 35.4 Å². The van der Waals surface area contributed by atoms with Gasteiger partial charge in [-0.25, -0.2) is 0 Å². The van der Waals surface area contributed by atoms with Gasteiger partial charge in [0.15, 0.2) is 6.61 Å². The summed E-state index contributed by atoms with van der Waals surface area (Å²) in [6.07, 6.45) is 1.26. The number of ether oxygens (including phenoxy) is 1. The summed E-state index contributed by atoms with van der Waals surface area (Å²) in [7, 11) is 0. The van der Waals surface area contributed by atoms with Crippen molar-refractivity contribution < 1.29 is 14.3 Å². The molecular weight excluding hydrogens is 435 g/mol. The third-order valence-electron chi connectivity index (χ3n) is 5.13. The Hall–Kier alpha value is -2.24. The Balaban J connectivity index is 2.24. The minimum Gasteiger partial charge on any atom is -0.484 e. The number of rotatable bonds is 10. The number of nitrogens with one attached hydrogen (secondary N) is 1. The van der Waals surface area contributed by atoms with Crippen LogP contribution >= 0.6 is 23.2 Å². The quantitative estimate of drug-likeness (QED) is 0.511. The molecule has 168 valence electrons. The van der Waals surface area contributed by atoms with Crippen molar-refractivity contribution in [3.63, 3.8) is 0 Å². The monoisotopic (exact) mass is 464 g/mol. The van der Waals surface area contributed by atoms with E-state index in [-0.39, 0.29) is 31.0 Å². The van der Waals surface area contributed by atoms with E-state index in [9.17, 15) is 9.59 Å². The standard InChI is InChI=1S/C24H30Cl2N2O3/c1-5-17(4)27-24(30)22(6-2)28(14-18-9-10-19(25)13-21(18)26)23(29)15-31-20-11-7-16(3)8-12-20/h7-13,17,22H,5-6,14-15H2,1-4H3,(H,27,30)/t17-,22-/m1/s1. The van der Waals surface area contributed by atoms with Gasteiger partial charge in [0.2, 0.25) is 5.91 Å². The fourth-order valence-corrected chi connectivity index (χ4v) is 3.52. The van der Waals surface area contributed by atoms with Crippen LogP contribution in [0.4, 0.5) is 0 Å². The van der Waals surface area contributed by atoms with Crippen molar-refractivity contribution in [2.45, 2.75) is 59.2 Å². The number of carbonyl (C=O) groups is 2. The van der Waals surface area contributed by atoms with Crippen molar-refractivity contribution in [1.82, 2.24) is 10.2 Å². The fourth-order valence-electron chi connectivity index (χ4n) is 3.06. The first-order valence-electron chi connectivity index (χ1n) is 10.5. The minimum atomic E-state index is -0.644. The van der Waals surface area contributed by atoms with Gasteiger partial charge in [-0.05, 0) is 56.5 Å². The first kappa shape index (κ1) is 25.0. The minimum absolute atomic E-state index is 0.0152. The summed E-state index contributed by atoms with van der Waals surface area (Å²) >= 11 is 12.4. The van der Waals surface area contributed by atoms with E-state index in [0.717, 1.165) is 12.0 Å². The van der Waals surface area contributed by atoms with Crippen molar-refractivity contribution in [2.75, 3.05) is 6.61 Å². The Bertz CT molecular complexity index is 887. The van der Waals surface area contributed by atoms with Crippen LogP contribution in [0.5, 0.6) is 5.75 Å². The third kappa shape index (κ3) is 7.44. The molecule has 0 aliphatic heterocycles. The molecule has 0 aliphatic rings. The summed E-state index contributed by atoms with van der Waals surface area (Å²) in [5.74, 6) is 0.115. The van der Waals surface area contributed by atoms with Gasteiger partial charge in [-0.3, -0.25) is 9.59 Å². The Morgan fingerprint density at radius 1 is 1.06 bits per heavy atom. The summed E-state index contributed by atoms with van der Waals surface area (Å²) in [4.78, 5) is 27.6. The van der Waals surface area contributed by atoms with Crippen LogP contribution in [-0.2, 0) is 16.1 Å². The molecule has 2 rings (SSSR count). The van der Waals surface area contributed by atoms with Gasteiger partial charge in [0.1, 0.15) is 11.8 Å². The molecule has 0 radical (unpaired) electrons. The van der Waals surface area contributed by atoms with Gasteiger partial charge in [0.05, 0.1) is 0 Å². The predicted octanol–water partition coefficient (Wildman–Crippen LogP) is 5.40. The van der Waals surface area contributed by atoms with Crippen molar-refractivity contribution >= 4 is 35.0 Å². The number of benzene rings is 2. The van der Waals surface area contributed by atoms with Gasteiger partial charge in [-0.2, -0.15) is 0 Å². The van der Waals surface area contributed by atoms with Gasteiger partial charge in [-0.1, -0.05) is 60.8 Å². The lowest BCUT2D eigenvalue weighted by Crippen LogP contribution is -2.51. The second-order valence-electron chi connectivity index (χ2n) is 7.60. The summed E-state index contributed by atoms with van der Waals surface area (Å²) in [6.45, 7) is 7.80. The highest BCUT2D eigenvalue weighted by atomic mass is 35.5. The molecule has 2 aromatic rings. The van der Waals surface area contributed by atoms with E-state index in [2.05, 4.69) is 5.32 Å². The number of amides is 2. The maximum atomic E-state index is 13.2. The summed E-state index contributed by atoms with van der Waals surface area (Å²) in [5, 5.41) is 3.93. The van der Waals surface area contributed by atoms with Crippen molar-refractivity contribution in [3.8, 4) is 5.75 Å². The Labute approximate surface area is 194 Å². The molecule has 0 saturated heterocycles. The lowest BCUT2D eigenvalue weighted by molar-refractivity contribution is -0.143. The molecule has 7 heteroatoms. The largest absolute Gasteiger partial charge is 0.484 e. The molecule has 0 saturated carbocycles. The zero-order valence-electron chi connectivity index (χ0n) is 18.5. The molecule has 0 spiro atoms. The number of carbonyl (C=O) groups excluding carboxylic acids is 2. The number of halogens is 2. The molecular formula is C24H30Cl2N2O3. The molecule has 0 fully saturated rings. The molecule has 0 heterocycles. The van der Waals surface area contributed by atoms with Gasteiger partial charge < -0.3 is 15.0 Å². The van der Waals surface area contributed by atoms with Crippen LogP contribution < -0.4 is 10.1 Å². The maximum absolute atomic E-state index is 13.2. The van der Waals surface area contributed by atoms with Gasteiger partial charge >= 0.3 is 0 Å². The van der Waals surface area contributed by atoms with E-state index in [1.54, 1.807) is 18.2 Å². The van der Waals surface area contributed by atoms with Gasteiger partial charge in [0.25, 0.3) is 5.91 Å². The summed E-state index contributed by atoms with van der Waals surface area (Å²) in [5.41, 5.74) is 1.81. The van der Waals surface area contributed by atoms with Gasteiger partial charge in [-0.15, -0.1) is 0 Å². The normalized spacial score (nSPS) is 12.7. The van der Waals surface area contributed by atoms with Crippen molar-refractivity contribution in [1.29, 1.82) is 0 Å². The average Bonchev–Trinajstić information content (AvgIpc) is 2.74. The maximum Gasteiger partial charge on any atom is 0.261 e. The highest BCUT2D eigenvalue weighted by Crippen LogP contribution is 2.24. The molecule has 0 bridgehead atoms. The van der Waals surface area contributed by atoms with Crippen LogP contribution in [0.3, 0.4) is 0 Å². The van der Waals surface area contributed by atoms with Crippen molar-refractivity contribution in [2.24, 2.45) is 0 Å². The van der Waals surface area contributed by atoms with Crippen LogP contribution in [0, 0.1) is 6.92 Å². The topological polar surface area (TPSA) is 58.6 Å². The highest BCUT2D eigenvalue weighted by molar-refractivity contribution is 6.35. The molecule has 0 aromatic heterocycles. The second-order valence-corrected chi connectivity index (χ2v) is 8.44. The second kappa shape index (κ2) is 12.0. The zero-order chi connectivity index (χ0) is 23.0. The Kier molecular flexibility index (Phi) is 9.66. The lowest BCUT2D eigenvalue weighted by Gasteiger charge is -2.31. The van der Waals surface area contributed by atoms with E-state index in [4.69, 9.17) is 27.9 Å². The first-order valence-corrected chi connectivity index (χ1v) is 11.2. The Morgan fingerprint density at radius 2 is 1.74 bits per heavy atom. The number of hydrogen-bond donors (Lipinski definition) is 1. The lowest BCUT2D eigenvalue weighted by atomic mass is 10.1. The van der Waals surface area contributed by atoms with E-state index < -0.39 is 6.04 Å². The number of aryl methyl sites for hydroxylation is 1. The molecule has 2 amide bonds. The SMILES string of the molecule is CC[C@@H](C)NC(=O)[C@@H](CC)N(Cc1ccc(Cl)cc1Cl)C(=O)COc1ccc(C)cc1. The molecule has 2 atom stereocenters. The molecule has 0 aliphatic carbocycles. The molecule has 2 aromatic carbocycles. The predicted molar refractivity (Wildman–Crippen MR) is 126 cm³/mol. The van der Waals surface area contributed by atoms with E-state index in [1.807, 2.05) is 52.0 Å². The van der Waals surface area contributed by atoms with Crippen LogP contribution in [0.2, 0.25) is 10.0 Å². The summed E-state index contributed by atoms with van der Waals surface area (Å²) in [6, 6.07) is 11.9. The zero-order valence-corrected chi connectivity index (χ0v) is 20.0. The number of nitrogens with zero attached hydrogens (tertiary/aromatic N) is 1. The smallest absolute Gasteiger partial charge is 0.261 e. The average molecular weight is 465 g/mol. The summed E-state index contributed by atoms with van der Waals surface area (Å²) < 4.78 is 5.69. The molecule has 0 unspecified atom stereocenters. The molecule has 31 heavy (non-hydrogen) atoms. The van der Waals surface area contributed by atoms with Crippen LogP contribution in [0.15, 0.2) is 42.5 Å². The third-order valence-corrected chi connectivity index (χ3v) is 5.71. The Morgan fingerprint density at radius 3 is 2.32 bits per heavy atom. The first-order chi connectivity index (χ1) is 14.7. The van der Waals surface area contributed by atoms with Crippen LogP contribution in [0.1, 0.15) is 44.7 Å². The van der Waals surface area contributed by atoms with E-state index in [0.29, 0.717) is 27.8 Å². The fraction of sp³-hybridized carbons (Fsp3) is 0.417. The van der Waals surface area contributed by atoms with Gasteiger partial charge in [0, 0.05) is 22.6 Å². The molecule has 5 nitrogen and oxygen atoms in total. The molecule has 1 N–H and O–H groups in total. The highest BCUT2D eigenvalue weighted by Gasteiger charge is 2.30.